The zero-order chi connectivity index (χ0) is 27.4. The second kappa shape index (κ2) is 10.9. The van der Waals surface area contributed by atoms with Gasteiger partial charge in [-0.15, -0.1) is 10.2 Å². The monoisotopic (exact) mass is 538 g/mol. The third-order valence-corrected chi connectivity index (χ3v) is 7.42. The van der Waals surface area contributed by atoms with Gasteiger partial charge in [-0.25, -0.2) is 18.4 Å². The van der Waals surface area contributed by atoms with Gasteiger partial charge in [-0.2, -0.15) is 0 Å². The largest absolute Gasteiger partial charge is 0.506 e. The summed E-state index contributed by atoms with van der Waals surface area (Å²) in [6.07, 6.45) is 2.18. The van der Waals surface area contributed by atoms with Crippen LogP contribution in [0.25, 0.3) is 17.1 Å². The van der Waals surface area contributed by atoms with Crippen LogP contribution in [0.2, 0.25) is 0 Å². The highest BCUT2D eigenvalue weighted by molar-refractivity contribution is 7.93. The van der Waals surface area contributed by atoms with Crippen LogP contribution in [0.15, 0.2) is 42.7 Å². The lowest BCUT2D eigenvalue weighted by molar-refractivity contribution is 0.0949. The topological polar surface area (TPSA) is 151 Å². The zero-order valence-electron chi connectivity index (χ0n) is 21.3. The van der Waals surface area contributed by atoms with Gasteiger partial charge in [0.15, 0.2) is 11.6 Å². The molecule has 0 unspecified atom stereocenters. The van der Waals surface area contributed by atoms with Gasteiger partial charge in [0.2, 0.25) is 16.0 Å². The van der Waals surface area contributed by atoms with E-state index in [9.17, 15) is 13.5 Å². The fraction of sp³-hybridized carbons (Fsp3) is 0.280. The maximum atomic E-state index is 13.6. The normalized spacial score (nSPS) is 12.9. The lowest BCUT2D eigenvalue weighted by Crippen LogP contribution is -2.33. The molecule has 4 aromatic rings. The van der Waals surface area contributed by atoms with Crippen molar-refractivity contribution in [2.45, 2.75) is 25.2 Å². The molecule has 0 aliphatic heterocycles. The summed E-state index contributed by atoms with van der Waals surface area (Å²) in [5.74, 6) is 0.664. The van der Waals surface area contributed by atoms with Gasteiger partial charge >= 0.3 is 0 Å². The quantitative estimate of drug-likeness (QED) is 0.308. The van der Waals surface area contributed by atoms with Crippen LogP contribution < -0.4 is 14.2 Å². The number of hydrogen-bond acceptors (Lipinski definition) is 10. The van der Waals surface area contributed by atoms with E-state index in [-0.39, 0.29) is 34.8 Å². The second-order valence-electron chi connectivity index (χ2n) is 8.22. The number of phenols is 1. The van der Waals surface area contributed by atoms with Gasteiger partial charge in [0.1, 0.15) is 34.3 Å². The number of nitrogens with zero attached hydrogens (tertiary/aromatic N) is 5. The first-order valence-electron chi connectivity index (χ1n) is 11.3. The Labute approximate surface area is 220 Å². The first-order valence-corrected chi connectivity index (χ1v) is 12.9. The fourth-order valence-electron chi connectivity index (χ4n) is 3.72. The van der Waals surface area contributed by atoms with Crippen LogP contribution in [0.1, 0.15) is 24.4 Å². The van der Waals surface area contributed by atoms with Crippen LogP contribution >= 0.6 is 0 Å². The Kier molecular flexibility index (Phi) is 7.65. The van der Waals surface area contributed by atoms with Crippen molar-refractivity contribution in [1.29, 1.82) is 0 Å². The van der Waals surface area contributed by atoms with Gasteiger partial charge in [-0.05, 0) is 31.5 Å². The van der Waals surface area contributed by atoms with Gasteiger partial charge in [-0.1, -0.05) is 18.2 Å². The lowest BCUT2D eigenvalue weighted by Gasteiger charge is -2.22. The number of nitrogens with one attached hydrogen (secondary N) is 1. The second-order valence-corrected chi connectivity index (χ2v) is 10.3. The molecule has 12 nitrogen and oxygen atoms in total. The van der Waals surface area contributed by atoms with Gasteiger partial charge in [-0.3, -0.25) is 9.29 Å². The molecule has 0 amide bonds. The van der Waals surface area contributed by atoms with Crippen molar-refractivity contribution in [3.8, 4) is 34.3 Å². The van der Waals surface area contributed by atoms with E-state index < -0.39 is 21.4 Å². The Morgan fingerprint density at radius 3 is 2.50 bits per heavy atom. The number of ether oxygens (including phenoxy) is 3. The summed E-state index contributed by atoms with van der Waals surface area (Å²) in [5.41, 5.74) is 1.31. The van der Waals surface area contributed by atoms with E-state index >= 15 is 0 Å². The predicted octanol–water partition coefficient (Wildman–Crippen LogP) is 2.87. The van der Waals surface area contributed by atoms with Crippen LogP contribution in [0.4, 0.5) is 5.95 Å². The summed E-state index contributed by atoms with van der Waals surface area (Å²) < 4.78 is 47.1. The standard InChI is InChI=1S/C25H26N6O6S/c1-15-13-26-23(27-14-15)22(37-5)16(2)38(33,34)30-25-29-28-24(17-8-6-9-18(12-17)35-3)31(25)21-19(32)10-7-11-20(21)36-4/h7,9-14,16,22,32H,1-5H3,(H,29,30)/t16-,22-/m0/s1. The van der Waals surface area contributed by atoms with Crippen LogP contribution in [0.5, 0.6) is 17.2 Å². The molecular formula is C25H26N6O6S. The first kappa shape index (κ1) is 26.6. The van der Waals surface area contributed by atoms with E-state index in [4.69, 9.17) is 14.2 Å². The molecule has 0 saturated heterocycles. The minimum atomic E-state index is -4.17. The maximum Gasteiger partial charge on any atom is 0.243 e. The van der Waals surface area contributed by atoms with E-state index in [0.717, 1.165) is 5.56 Å². The number of benzene rings is 1. The number of rotatable bonds is 10. The Balaban J connectivity index is 1.83. The first-order chi connectivity index (χ1) is 18.2. The number of aromatic hydroxyl groups is 1. The molecule has 2 aromatic carbocycles. The summed E-state index contributed by atoms with van der Waals surface area (Å²) in [4.78, 5) is 8.44. The summed E-state index contributed by atoms with van der Waals surface area (Å²) >= 11 is 0. The smallest absolute Gasteiger partial charge is 0.243 e. The fourth-order valence-corrected chi connectivity index (χ4v) is 4.85. The Morgan fingerprint density at radius 2 is 1.84 bits per heavy atom. The van der Waals surface area contributed by atoms with Crippen LogP contribution in [-0.4, -0.2) is 64.8 Å². The van der Waals surface area contributed by atoms with Crippen LogP contribution in [0.3, 0.4) is 0 Å². The molecule has 198 valence electrons. The summed E-state index contributed by atoms with van der Waals surface area (Å²) in [5, 5.41) is 17.9. The molecule has 2 N–H and O–H groups in total. The van der Waals surface area contributed by atoms with Crippen molar-refractivity contribution in [2.75, 3.05) is 26.1 Å². The number of anilines is 1. The van der Waals surface area contributed by atoms with E-state index in [1.54, 1.807) is 36.7 Å². The van der Waals surface area contributed by atoms with Gasteiger partial charge in [0.05, 0.1) is 19.8 Å². The highest BCUT2D eigenvalue weighted by atomic mass is 32.2. The molecule has 0 aliphatic carbocycles. The van der Waals surface area contributed by atoms with Crippen molar-refractivity contribution in [3.05, 3.63) is 66.2 Å². The number of phenolic OH excluding ortho intramolecular Hbond substituents is 1. The summed E-state index contributed by atoms with van der Waals surface area (Å²) in [6.45, 7) is 3.29. The minimum absolute atomic E-state index is 0.113. The Hall–Kier alpha value is -4.41. The maximum absolute atomic E-state index is 13.6. The van der Waals surface area contributed by atoms with Crippen LogP contribution in [0, 0.1) is 19.1 Å². The zero-order valence-corrected chi connectivity index (χ0v) is 22.1. The van der Waals surface area contributed by atoms with E-state index in [1.807, 2.05) is 6.92 Å². The number of methoxy groups -OCH3 is 3. The molecule has 38 heavy (non-hydrogen) atoms. The molecule has 0 radical (unpaired) electrons. The molecule has 0 saturated carbocycles. The molecule has 2 atom stereocenters. The van der Waals surface area contributed by atoms with Crippen molar-refractivity contribution < 1.29 is 27.7 Å². The number of aryl methyl sites for hydroxylation is 1. The number of aromatic nitrogens is 5. The average molecular weight is 539 g/mol. The predicted molar refractivity (Wildman–Crippen MR) is 138 cm³/mol. The molecule has 4 rings (SSSR count). The minimum Gasteiger partial charge on any atom is -0.506 e. The van der Waals surface area contributed by atoms with Gasteiger partial charge in [0.25, 0.3) is 0 Å². The lowest BCUT2D eigenvalue weighted by atomic mass is 10.2. The Bertz CT molecular complexity index is 1520. The molecule has 0 aliphatic rings. The molecule has 13 heteroatoms. The highest BCUT2D eigenvalue weighted by Gasteiger charge is 2.35. The van der Waals surface area contributed by atoms with Crippen molar-refractivity contribution in [2.24, 2.45) is 0 Å². The summed E-state index contributed by atoms with van der Waals surface area (Å²) in [7, 11) is 0.122. The molecule has 0 bridgehead atoms. The van der Waals surface area contributed by atoms with Crippen molar-refractivity contribution in [3.63, 3.8) is 0 Å². The van der Waals surface area contributed by atoms with Gasteiger partial charge < -0.3 is 19.3 Å². The third kappa shape index (κ3) is 5.17. The van der Waals surface area contributed by atoms with Crippen molar-refractivity contribution in [1.82, 2.24) is 24.7 Å². The third-order valence-electron chi connectivity index (χ3n) is 5.73. The Morgan fingerprint density at radius 1 is 1.11 bits per heavy atom. The van der Waals surface area contributed by atoms with E-state index in [2.05, 4.69) is 37.0 Å². The molecule has 0 spiro atoms. The van der Waals surface area contributed by atoms with E-state index in [0.29, 0.717) is 11.3 Å². The highest BCUT2D eigenvalue weighted by Crippen LogP contribution is 2.37. The van der Waals surface area contributed by atoms with Gasteiger partial charge in [0, 0.05) is 31.6 Å². The summed E-state index contributed by atoms with van der Waals surface area (Å²) in [6, 6.07) is 13.6. The SMILES string of the molecule is COc1cc#cc(-c2nnc(NS(=O)(=O)[C@@H](C)[C@H](OC)c3ncc(C)cn3)n2-c2c(O)cccc2OC)c1. The average Bonchev–Trinajstić information content (AvgIpc) is 3.32. The number of sulfonamides is 1. The number of para-hydroxylation sites is 1. The number of hydrogen-bond donors (Lipinski definition) is 2. The molecule has 2 aromatic heterocycles. The van der Waals surface area contributed by atoms with E-state index in [1.165, 1.54) is 38.9 Å². The molecule has 0 fully saturated rings. The van der Waals surface area contributed by atoms with Crippen LogP contribution in [-0.2, 0) is 14.8 Å². The molecule has 2 heterocycles. The van der Waals surface area contributed by atoms with Crippen molar-refractivity contribution >= 4 is 16.0 Å². The molecular weight excluding hydrogens is 512 g/mol.